The first-order valence-electron chi connectivity index (χ1n) is 6.96. The molecule has 0 saturated carbocycles. The molecule has 6 nitrogen and oxygen atoms in total. The fourth-order valence-electron chi connectivity index (χ4n) is 1.87. The third-order valence-electron chi connectivity index (χ3n) is 3.09. The number of aromatic carboxylic acids is 1. The first kappa shape index (κ1) is 24.6. The van der Waals surface area contributed by atoms with Crippen molar-refractivity contribution in [3.05, 3.63) is 71.3 Å². The van der Waals surface area contributed by atoms with Crippen molar-refractivity contribution in [2.24, 2.45) is 0 Å². The standard InChI is InChI=1S/C18H14O6.2Na.2H/c19-16(13-4-6-14(7-5-13)18(22)23)10-3-12-1-8-15(9-2-12)24-11-17(20)21;;;;/h1-10H,11H2,(H,20,21)(H,22,23);;;;/b10-3+;;;;. The monoisotopic (exact) mass is 374 g/mol. The normalized spacial score (nSPS) is 9.69. The Morgan fingerprint density at radius 1 is 0.846 bits per heavy atom. The Morgan fingerprint density at radius 2 is 1.38 bits per heavy atom. The van der Waals surface area contributed by atoms with E-state index in [2.05, 4.69) is 0 Å². The number of hydrogen-bond acceptors (Lipinski definition) is 4. The molecule has 2 aromatic rings. The van der Waals surface area contributed by atoms with Gasteiger partial charge in [-0.15, -0.1) is 0 Å². The van der Waals surface area contributed by atoms with Crippen molar-refractivity contribution < 1.29 is 29.3 Å². The van der Waals surface area contributed by atoms with Gasteiger partial charge in [0.05, 0.1) is 5.56 Å². The van der Waals surface area contributed by atoms with E-state index >= 15 is 0 Å². The number of hydrogen-bond donors (Lipinski definition) is 2. The van der Waals surface area contributed by atoms with Crippen molar-refractivity contribution in [1.29, 1.82) is 0 Å². The molecule has 8 heteroatoms. The summed E-state index contributed by atoms with van der Waals surface area (Å²) in [6.07, 6.45) is 2.98. The molecule has 26 heavy (non-hydrogen) atoms. The second kappa shape index (κ2) is 12.1. The van der Waals surface area contributed by atoms with Crippen LogP contribution >= 0.6 is 0 Å². The molecular formula is C18H16Na2O6. The van der Waals surface area contributed by atoms with E-state index in [0.717, 1.165) is 5.56 Å². The molecule has 0 heterocycles. The first-order valence-corrected chi connectivity index (χ1v) is 6.96. The van der Waals surface area contributed by atoms with Crippen LogP contribution < -0.4 is 4.74 Å². The van der Waals surface area contributed by atoms with E-state index < -0.39 is 18.5 Å². The van der Waals surface area contributed by atoms with Gasteiger partial charge in [0.2, 0.25) is 0 Å². The molecule has 0 radical (unpaired) electrons. The van der Waals surface area contributed by atoms with E-state index in [9.17, 15) is 14.4 Å². The summed E-state index contributed by atoms with van der Waals surface area (Å²) in [6.45, 7) is -0.417. The third-order valence-corrected chi connectivity index (χ3v) is 3.09. The Balaban J connectivity index is 0.00000312. The predicted octanol–water partition coefficient (Wildman–Crippen LogP) is 1.45. The molecule has 0 bridgehead atoms. The summed E-state index contributed by atoms with van der Waals surface area (Å²) < 4.78 is 5.01. The number of carboxylic acids is 2. The Bertz CT molecular complexity index is 782. The number of ether oxygens (including phenoxy) is 1. The first-order chi connectivity index (χ1) is 11.5. The molecule has 126 valence electrons. The summed E-state index contributed by atoms with van der Waals surface area (Å²) >= 11 is 0. The fraction of sp³-hybridized carbons (Fsp3) is 0.0556. The quantitative estimate of drug-likeness (QED) is 0.432. The van der Waals surface area contributed by atoms with Gasteiger partial charge in [-0.05, 0) is 35.9 Å². The zero-order valence-corrected chi connectivity index (χ0v) is 12.5. The number of ketones is 1. The second-order valence-electron chi connectivity index (χ2n) is 4.83. The molecule has 0 spiro atoms. The zero-order chi connectivity index (χ0) is 17.5. The summed E-state index contributed by atoms with van der Waals surface area (Å²) in [5, 5.41) is 17.3. The maximum atomic E-state index is 12.0. The number of carboxylic acid groups (broad SMARTS) is 2. The van der Waals surface area contributed by atoms with Crippen LogP contribution in [-0.2, 0) is 4.79 Å². The van der Waals surface area contributed by atoms with Crippen LogP contribution in [0.15, 0.2) is 54.6 Å². The maximum absolute atomic E-state index is 12.0. The van der Waals surface area contributed by atoms with E-state index in [1.807, 2.05) is 0 Å². The summed E-state index contributed by atoms with van der Waals surface area (Å²) in [7, 11) is 0. The van der Waals surface area contributed by atoms with Crippen molar-refractivity contribution in [1.82, 2.24) is 0 Å². The van der Waals surface area contributed by atoms with Gasteiger partial charge in [-0.25, -0.2) is 9.59 Å². The molecule has 2 rings (SSSR count). The molecule has 0 amide bonds. The summed E-state index contributed by atoms with van der Waals surface area (Å²) in [6, 6.07) is 12.3. The molecule has 0 fully saturated rings. The molecule has 0 unspecified atom stereocenters. The van der Waals surface area contributed by atoms with Gasteiger partial charge in [0, 0.05) is 5.56 Å². The van der Waals surface area contributed by atoms with Crippen LogP contribution in [0.4, 0.5) is 0 Å². The number of benzene rings is 2. The molecule has 0 aliphatic carbocycles. The number of allylic oxidation sites excluding steroid dienone is 1. The molecule has 2 N–H and O–H groups in total. The minimum absolute atomic E-state index is 0. The number of rotatable bonds is 7. The Labute approximate surface area is 194 Å². The van der Waals surface area contributed by atoms with Crippen molar-refractivity contribution in [3.8, 4) is 5.75 Å². The number of carbonyl (C=O) groups is 3. The van der Waals surface area contributed by atoms with Crippen LogP contribution in [0.25, 0.3) is 6.08 Å². The van der Waals surface area contributed by atoms with Gasteiger partial charge >= 0.3 is 71.1 Å². The summed E-state index contributed by atoms with van der Waals surface area (Å²) in [4.78, 5) is 33.2. The van der Waals surface area contributed by atoms with Crippen LogP contribution in [-0.4, -0.2) is 93.7 Å². The summed E-state index contributed by atoms with van der Waals surface area (Å²) in [5.74, 6) is -1.93. The number of carbonyl (C=O) groups excluding carboxylic acids is 1. The van der Waals surface area contributed by atoms with Gasteiger partial charge in [-0.1, -0.05) is 30.3 Å². The van der Waals surface area contributed by atoms with Crippen LogP contribution in [0.1, 0.15) is 26.3 Å². The average Bonchev–Trinajstić information content (AvgIpc) is 2.58. The van der Waals surface area contributed by atoms with Crippen LogP contribution in [0.5, 0.6) is 5.75 Å². The molecule has 0 aliphatic heterocycles. The zero-order valence-electron chi connectivity index (χ0n) is 12.5. The van der Waals surface area contributed by atoms with E-state index in [-0.39, 0.29) is 70.5 Å². The van der Waals surface area contributed by atoms with Gasteiger partial charge in [-0.2, -0.15) is 0 Å². The molecule has 0 atom stereocenters. The topological polar surface area (TPSA) is 101 Å². The Kier molecular flexibility index (Phi) is 11.4. The van der Waals surface area contributed by atoms with E-state index in [4.69, 9.17) is 14.9 Å². The van der Waals surface area contributed by atoms with Crippen molar-refractivity contribution >= 4 is 82.9 Å². The van der Waals surface area contributed by atoms with Gasteiger partial charge in [0.15, 0.2) is 12.4 Å². The van der Waals surface area contributed by atoms with E-state index in [1.165, 1.54) is 30.3 Å². The summed E-state index contributed by atoms with van der Waals surface area (Å²) in [5.41, 5.74) is 1.25. The molecule has 0 aliphatic rings. The van der Waals surface area contributed by atoms with Crippen LogP contribution in [0, 0.1) is 0 Å². The SMILES string of the molecule is O=C(O)COc1ccc(/C=C/C(=O)c2ccc(C(=O)O)cc2)cc1.[NaH].[NaH]. The van der Waals surface area contributed by atoms with E-state index in [0.29, 0.717) is 11.3 Å². The Hall–Kier alpha value is -1.41. The molecular weight excluding hydrogens is 358 g/mol. The molecule has 0 saturated heterocycles. The minimum atomic E-state index is -1.06. The second-order valence-corrected chi connectivity index (χ2v) is 4.83. The van der Waals surface area contributed by atoms with Crippen molar-refractivity contribution in [2.45, 2.75) is 0 Å². The van der Waals surface area contributed by atoms with Crippen molar-refractivity contribution in [2.75, 3.05) is 6.61 Å². The fourth-order valence-corrected chi connectivity index (χ4v) is 1.87. The van der Waals surface area contributed by atoms with Gasteiger partial charge in [-0.3, -0.25) is 4.79 Å². The van der Waals surface area contributed by atoms with Crippen molar-refractivity contribution in [3.63, 3.8) is 0 Å². The van der Waals surface area contributed by atoms with Crippen LogP contribution in [0.3, 0.4) is 0 Å². The Morgan fingerprint density at radius 3 is 1.88 bits per heavy atom. The van der Waals surface area contributed by atoms with Crippen LogP contribution in [0.2, 0.25) is 0 Å². The molecule has 0 aromatic heterocycles. The van der Waals surface area contributed by atoms with Gasteiger partial charge in [0.1, 0.15) is 5.75 Å². The molecule has 2 aromatic carbocycles. The predicted molar refractivity (Wildman–Crippen MR) is 101 cm³/mol. The van der Waals surface area contributed by atoms with E-state index in [1.54, 1.807) is 30.3 Å². The third kappa shape index (κ3) is 7.86. The number of aliphatic carboxylic acids is 1. The van der Waals surface area contributed by atoms with Gasteiger partial charge in [0.25, 0.3) is 0 Å². The average molecular weight is 374 g/mol. The van der Waals surface area contributed by atoms with Gasteiger partial charge < -0.3 is 14.9 Å².